The highest BCUT2D eigenvalue weighted by Crippen LogP contribution is 2.33. The maximum atomic E-state index is 10.2. The minimum absolute atomic E-state index is 0.589. The van der Waals surface area contributed by atoms with Crippen molar-refractivity contribution in [2.75, 3.05) is 0 Å². The Bertz CT molecular complexity index is 512. The number of aromatic nitrogens is 2. The third-order valence-electron chi connectivity index (χ3n) is 2.33. The fourth-order valence-electron chi connectivity index (χ4n) is 1.49. The van der Waals surface area contributed by atoms with Gasteiger partial charge in [-0.15, -0.1) is 11.3 Å². The van der Waals surface area contributed by atoms with Gasteiger partial charge in [-0.25, -0.2) is 0 Å². The highest BCUT2D eigenvalue weighted by molar-refractivity contribution is 7.10. The molecule has 2 aromatic rings. The molecule has 2 heterocycles. The molecule has 0 amide bonds. The molecule has 1 unspecified atom stereocenters. The van der Waals surface area contributed by atoms with E-state index in [1.165, 1.54) is 11.3 Å². The van der Waals surface area contributed by atoms with Crippen molar-refractivity contribution in [1.82, 2.24) is 10.2 Å². The largest absolute Gasteiger partial charge is 0.383 e. The van der Waals surface area contributed by atoms with Crippen LogP contribution in [0.25, 0.3) is 0 Å². The molecule has 0 fully saturated rings. The summed E-state index contributed by atoms with van der Waals surface area (Å²) in [5.41, 5.74) is 2.27. The Balaban J connectivity index is 2.45. The van der Waals surface area contributed by atoms with Crippen LogP contribution in [0.1, 0.15) is 27.9 Å². The third-order valence-corrected chi connectivity index (χ3v) is 3.74. The molecule has 2 aromatic heterocycles. The monoisotopic (exact) mass is 254 g/mol. The van der Waals surface area contributed by atoms with Gasteiger partial charge < -0.3 is 5.11 Å². The molecule has 1 N–H and O–H groups in total. The van der Waals surface area contributed by atoms with Crippen LogP contribution in [0.2, 0.25) is 5.02 Å². The zero-order valence-corrected chi connectivity index (χ0v) is 10.5. The number of hydrogen-bond donors (Lipinski definition) is 1. The van der Waals surface area contributed by atoms with Crippen molar-refractivity contribution < 1.29 is 5.11 Å². The van der Waals surface area contributed by atoms with Gasteiger partial charge in [-0.05, 0) is 31.4 Å². The summed E-state index contributed by atoms with van der Waals surface area (Å²) < 4.78 is 0. The van der Waals surface area contributed by atoms with Gasteiger partial charge in [-0.1, -0.05) is 11.6 Å². The molecular formula is C11H11ClN2OS. The van der Waals surface area contributed by atoms with Crippen molar-refractivity contribution in [3.05, 3.63) is 44.4 Å². The van der Waals surface area contributed by atoms with E-state index in [-0.39, 0.29) is 0 Å². The number of rotatable bonds is 2. The quantitative estimate of drug-likeness (QED) is 0.896. The van der Waals surface area contributed by atoms with Gasteiger partial charge >= 0.3 is 0 Å². The van der Waals surface area contributed by atoms with Crippen LogP contribution in [0.4, 0.5) is 0 Å². The second kappa shape index (κ2) is 4.49. The zero-order valence-electron chi connectivity index (χ0n) is 8.94. The summed E-state index contributed by atoms with van der Waals surface area (Å²) in [4.78, 5) is 0.747. The maximum absolute atomic E-state index is 10.2. The molecule has 1 atom stereocenters. The molecule has 0 saturated heterocycles. The first-order valence-corrected chi connectivity index (χ1v) is 6.07. The van der Waals surface area contributed by atoms with Crippen LogP contribution in [-0.4, -0.2) is 15.3 Å². The first-order valence-electron chi connectivity index (χ1n) is 4.81. The lowest BCUT2D eigenvalue weighted by molar-refractivity contribution is 0.222. The molecule has 0 bridgehead atoms. The van der Waals surface area contributed by atoms with Gasteiger partial charge in [0.05, 0.1) is 21.3 Å². The molecule has 0 radical (unpaired) electrons. The summed E-state index contributed by atoms with van der Waals surface area (Å²) in [5, 5.41) is 20.6. The van der Waals surface area contributed by atoms with Crippen molar-refractivity contribution in [2.24, 2.45) is 0 Å². The summed E-state index contributed by atoms with van der Waals surface area (Å²) >= 11 is 7.43. The molecule has 5 heteroatoms. The number of halogens is 1. The van der Waals surface area contributed by atoms with E-state index in [9.17, 15) is 5.11 Å². The van der Waals surface area contributed by atoms with Gasteiger partial charge in [0.2, 0.25) is 0 Å². The second-order valence-electron chi connectivity index (χ2n) is 3.56. The Morgan fingerprint density at radius 2 is 2.12 bits per heavy atom. The Hall–Kier alpha value is -0.970. The maximum Gasteiger partial charge on any atom is 0.117 e. The number of hydrogen-bond acceptors (Lipinski definition) is 4. The lowest BCUT2D eigenvalue weighted by Gasteiger charge is -2.12. The van der Waals surface area contributed by atoms with Gasteiger partial charge in [0.1, 0.15) is 6.10 Å². The van der Waals surface area contributed by atoms with E-state index in [2.05, 4.69) is 10.2 Å². The highest BCUT2D eigenvalue weighted by Gasteiger charge is 2.18. The highest BCUT2D eigenvalue weighted by atomic mass is 35.5. The summed E-state index contributed by atoms with van der Waals surface area (Å²) in [6, 6.07) is 3.62. The van der Waals surface area contributed by atoms with Crippen LogP contribution in [0.15, 0.2) is 17.5 Å². The molecular weight excluding hydrogens is 244 g/mol. The molecule has 16 heavy (non-hydrogen) atoms. The van der Waals surface area contributed by atoms with E-state index in [0.717, 1.165) is 21.8 Å². The summed E-state index contributed by atoms with van der Waals surface area (Å²) in [6.07, 6.45) is -0.721. The fraction of sp³-hybridized carbons (Fsp3) is 0.273. The number of thiophene rings is 1. The standard InChI is InChI=1S/C11H11ClN2OS/c1-6-5-8(7(2)14-13-6)10(15)11-9(12)3-4-16-11/h3-5,10,15H,1-2H3. The third kappa shape index (κ3) is 2.09. The van der Waals surface area contributed by atoms with Gasteiger partial charge in [-0.2, -0.15) is 10.2 Å². The van der Waals surface area contributed by atoms with Crippen molar-refractivity contribution >= 4 is 22.9 Å². The van der Waals surface area contributed by atoms with E-state index in [0.29, 0.717) is 5.02 Å². The Kier molecular flexibility index (Phi) is 3.23. The van der Waals surface area contributed by atoms with E-state index in [1.807, 2.05) is 25.3 Å². The Morgan fingerprint density at radius 1 is 1.38 bits per heavy atom. The lowest BCUT2D eigenvalue weighted by Crippen LogP contribution is -2.04. The van der Waals surface area contributed by atoms with Crippen molar-refractivity contribution in [2.45, 2.75) is 20.0 Å². The first kappa shape index (κ1) is 11.5. The van der Waals surface area contributed by atoms with Crippen molar-refractivity contribution in [3.8, 4) is 0 Å². The lowest BCUT2D eigenvalue weighted by atomic mass is 10.1. The predicted octanol–water partition coefficient (Wildman–Crippen LogP) is 2.89. The SMILES string of the molecule is Cc1cc(C(O)c2sccc2Cl)c(C)nn1. The summed E-state index contributed by atoms with van der Waals surface area (Å²) in [5.74, 6) is 0. The van der Waals surface area contributed by atoms with Crippen LogP contribution < -0.4 is 0 Å². The first-order chi connectivity index (χ1) is 7.59. The number of nitrogens with zero attached hydrogens (tertiary/aromatic N) is 2. The molecule has 3 nitrogen and oxygen atoms in total. The van der Waals surface area contributed by atoms with Gasteiger partial charge in [0, 0.05) is 5.56 Å². The molecule has 84 valence electrons. The molecule has 0 saturated carbocycles. The van der Waals surface area contributed by atoms with Crippen LogP contribution in [0.3, 0.4) is 0 Å². The van der Waals surface area contributed by atoms with Crippen molar-refractivity contribution in [1.29, 1.82) is 0 Å². The van der Waals surface area contributed by atoms with Crippen LogP contribution >= 0.6 is 22.9 Å². The van der Waals surface area contributed by atoms with Gasteiger partial charge in [0.25, 0.3) is 0 Å². The second-order valence-corrected chi connectivity index (χ2v) is 4.92. The Morgan fingerprint density at radius 3 is 2.75 bits per heavy atom. The van der Waals surface area contributed by atoms with Crippen LogP contribution in [0.5, 0.6) is 0 Å². The van der Waals surface area contributed by atoms with Crippen LogP contribution in [0, 0.1) is 13.8 Å². The number of aliphatic hydroxyl groups is 1. The zero-order chi connectivity index (χ0) is 11.7. The van der Waals surface area contributed by atoms with Gasteiger partial charge in [-0.3, -0.25) is 0 Å². The molecule has 0 aliphatic rings. The fourth-order valence-corrected chi connectivity index (χ4v) is 2.65. The normalized spacial score (nSPS) is 12.8. The molecule has 2 rings (SSSR count). The number of aliphatic hydroxyl groups excluding tert-OH is 1. The average Bonchev–Trinajstić information content (AvgIpc) is 2.67. The topological polar surface area (TPSA) is 46.0 Å². The molecule has 0 aliphatic carbocycles. The average molecular weight is 255 g/mol. The van der Waals surface area contributed by atoms with E-state index >= 15 is 0 Å². The minimum Gasteiger partial charge on any atom is -0.383 e. The van der Waals surface area contributed by atoms with Gasteiger partial charge in [0.15, 0.2) is 0 Å². The van der Waals surface area contributed by atoms with E-state index < -0.39 is 6.10 Å². The molecule has 0 aliphatic heterocycles. The summed E-state index contributed by atoms with van der Waals surface area (Å²) in [7, 11) is 0. The van der Waals surface area contributed by atoms with Crippen molar-refractivity contribution in [3.63, 3.8) is 0 Å². The van der Waals surface area contributed by atoms with E-state index in [4.69, 9.17) is 11.6 Å². The number of aryl methyl sites for hydroxylation is 2. The molecule has 0 spiro atoms. The predicted molar refractivity (Wildman–Crippen MR) is 64.9 cm³/mol. The molecule has 0 aromatic carbocycles. The van der Waals surface area contributed by atoms with Crippen LogP contribution in [-0.2, 0) is 0 Å². The minimum atomic E-state index is -0.721. The summed E-state index contributed by atoms with van der Waals surface area (Å²) in [6.45, 7) is 3.67. The smallest absolute Gasteiger partial charge is 0.117 e. The Labute approximate surface area is 103 Å². The van der Waals surface area contributed by atoms with E-state index in [1.54, 1.807) is 6.07 Å².